The molecule has 2 N–H and O–H groups in total. The standard InChI is InChI=1S/C12H12N4O3S2/c1-7-12(8(2)19-15-7)21(17,18)16-11-6-9(13-14-11)10-4-3-5-20-10/h3-6H,1-2H3,(H2,13,14,16). The van der Waals surface area contributed by atoms with Gasteiger partial charge in [0.05, 0.1) is 10.6 Å². The van der Waals surface area contributed by atoms with Crippen LogP contribution in [0.3, 0.4) is 0 Å². The lowest BCUT2D eigenvalue weighted by Crippen LogP contribution is -2.14. The molecule has 0 aliphatic carbocycles. The van der Waals surface area contributed by atoms with E-state index in [4.69, 9.17) is 4.52 Å². The number of hydrogen-bond acceptors (Lipinski definition) is 6. The maximum Gasteiger partial charge on any atom is 0.268 e. The van der Waals surface area contributed by atoms with Crippen LogP contribution in [0.5, 0.6) is 0 Å². The molecule has 3 rings (SSSR count). The lowest BCUT2D eigenvalue weighted by molar-refractivity contribution is 0.390. The van der Waals surface area contributed by atoms with E-state index in [0.29, 0.717) is 5.69 Å². The summed E-state index contributed by atoms with van der Waals surface area (Å²) in [7, 11) is -3.77. The van der Waals surface area contributed by atoms with Gasteiger partial charge in [-0.2, -0.15) is 5.10 Å². The second-order valence-electron chi connectivity index (χ2n) is 4.40. The van der Waals surface area contributed by atoms with Gasteiger partial charge in [0.15, 0.2) is 16.5 Å². The minimum atomic E-state index is -3.77. The summed E-state index contributed by atoms with van der Waals surface area (Å²) in [5.74, 6) is 0.465. The molecule has 3 heterocycles. The van der Waals surface area contributed by atoms with Gasteiger partial charge in [0, 0.05) is 6.07 Å². The normalized spacial score (nSPS) is 11.7. The molecule has 110 valence electrons. The predicted molar refractivity (Wildman–Crippen MR) is 78.7 cm³/mol. The SMILES string of the molecule is Cc1noc(C)c1S(=O)(=O)Nc1cc(-c2cccs2)[nH]n1. The Morgan fingerprint density at radius 1 is 1.38 bits per heavy atom. The van der Waals surface area contributed by atoms with Crippen LogP contribution in [0.2, 0.25) is 0 Å². The van der Waals surface area contributed by atoms with Crippen molar-refractivity contribution in [2.75, 3.05) is 4.72 Å². The number of nitrogens with zero attached hydrogens (tertiary/aromatic N) is 2. The average molecular weight is 324 g/mol. The summed E-state index contributed by atoms with van der Waals surface area (Å²) in [5.41, 5.74) is 1.07. The van der Waals surface area contributed by atoms with Gasteiger partial charge in [0.1, 0.15) is 5.69 Å². The van der Waals surface area contributed by atoms with Gasteiger partial charge in [0.2, 0.25) is 0 Å². The summed E-state index contributed by atoms with van der Waals surface area (Å²) in [4.78, 5) is 1.02. The van der Waals surface area contributed by atoms with E-state index in [1.807, 2.05) is 17.5 Å². The Kier molecular flexibility index (Phi) is 3.30. The van der Waals surface area contributed by atoms with Gasteiger partial charge < -0.3 is 4.52 Å². The van der Waals surface area contributed by atoms with Crippen LogP contribution in [0.1, 0.15) is 11.5 Å². The molecule has 3 aromatic heterocycles. The quantitative estimate of drug-likeness (QED) is 0.768. The first-order valence-corrected chi connectivity index (χ1v) is 8.38. The summed E-state index contributed by atoms with van der Waals surface area (Å²) in [6, 6.07) is 5.47. The number of rotatable bonds is 4. The van der Waals surface area contributed by atoms with Crippen LogP contribution in [0, 0.1) is 13.8 Å². The zero-order valence-electron chi connectivity index (χ0n) is 11.2. The summed E-state index contributed by atoms with van der Waals surface area (Å²) in [6.45, 7) is 3.13. The molecule has 0 aromatic carbocycles. The van der Waals surface area contributed by atoms with E-state index in [0.717, 1.165) is 10.6 Å². The molecular formula is C12H12N4O3S2. The zero-order chi connectivity index (χ0) is 15.0. The van der Waals surface area contributed by atoms with Crippen LogP contribution in [-0.4, -0.2) is 23.8 Å². The van der Waals surface area contributed by atoms with Crippen molar-refractivity contribution in [3.8, 4) is 10.6 Å². The molecule has 0 amide bonds. The Bertz CT molecular complexity index is 843. The Balaban J connectivity index is 1.90. The van der Waals surface area contributed by atoms with Crippen molar-refractivity contribution in [3.63, 3.8) is 0 Å². The Morgan fingerprint density at radius 2 is 2.19 bits per heavy atom. The van der Waals surface area contributed by atoms with Crippen LogP contribution < -0.4 is 4.72 Å². The Morgan fingerprint density at radius 3 is 2.81 bits per heavy atom. The maximum atomic E-state index is 12.3. The fraction of sp³-hybridized carbons (Fsp3) is 0.167. The number of H-pyrrole nitrogens is 1. The van der Waals surface area contributed by atoms with Crippen molar-refractivity contribution in [2.24, 2.45) is 0 Å². The van der Waals surface area contributed by atoms with Gasteiger partial charge in [-0.05, 0) is 25.3 Å². The van der Waals surface area contributed by atoms with E-state index in [1.165, 1.54) is 11.3 Å². The first-order chi connectivity index (χ1) is 9.97. The second-order valence-corrected chi connectivity index (χ2v) is 6.97. The van der Waals surface area contributed by atoms with E-state index in [9.17, 15) is 8.42 Å². The summed E-state index contributed by atoms with van der Waals surface area (Å²) in [6.07, 6.45) is 0. The van der Waals surface area contributed by atoms with Crippen LogP contribution in [0.25, 0.3) is 10.6 Å². The van der Waals surface area contributed by atoms with Crippen LogP contribution >= 0.6 is 11.3 Å². The summed E-state index contributed by atoms with van der Waals surface area (Å²) >= 11 is 1.54. The molecule has 0 fully saturated rings. The number of sulfonamides is 1. The number of thiophene rings is 1. The van der Waals surface area contributed by atoms with Gasteiger partial charge in [0.25, 0.3) is 10.0 Å². The molecule has 0 bridgehead atoms. The highest BCUT2D eigenvalue weighted by Crippen LogP contribution is 2.26. The number of aromatic amines is 1. The third kappa shape index (κ3) is 2.57. The number of anilines is 1. The van der Waals surface area contributed by atoms with E-state index >= 15 is 0 Å². The van der Waals surface area contributed by atoms with Crippen LogP contribution in [0.15, 0.2) is 33.0 Å². The fourth-order valence-electron chi connectivity index (χ4n) is 1.98. The number of aromatic nitrogens is 3. The first-order valence-electron chi connectivity index (χ1n) is 6.02. The first kappa shape index (κ1) is 13.8. The molecule has 3 aromatic rings. The van der Waals surface area contributed by atoms with E-state index in [-0.39, 0.29) is 16.5 Å². The second kappa shape index (κ2) is 5.01. The highest BCUT2D eigenvalue weighted by Gasteiger charge is 2.25. The fourth-order valence-corrected chi connectivity index (χ4v) is 4.00. The third-order valence-electron chi connectivity index (χ3n) is 2.84. The van der Waals surface area contributed by atoms with E-state index in [2.05, 4.69) is 20.1 Å². The topological polar surface area (TPSA) is 101 Å². The zero-order valence-corrected chi connectivity index (χ0v) is 12.9. The molecule has 9 heteroatoms. The molecule has 0 aliphatic rings. The number of hydrogen-bond donors (Lipinski definition) is 2. The van der Waals surface area contributed by atoms with Crippen molar-refractivity contribution in [1.82, 2.24) is 15.4 Å². The molecule has 0 atom stereocenters. The van der Waals surface area contributed by atoms with Crippen LogP contribution in [-0.2, 0) is 10.0 Å². The molecule has 0 aliphatic heterocycles. The van der Waals surface area contributed by atoms with E-state index in [1.54, 1.807) is 19.9 Å². The van der Waals surface area contributed by atoms with Crippen LogP contribution in [0.4, 0.5) is 5.82 Å². The molecular weight excluding hydrogens is 312 g/mol. The molecule has 0 unspecified atom stereocenters. The van der Waals surface area contributed by atoms with Crippen molar-refractivity contribution < 1.29 is 12.9 Å². The molecule has 21 heavy (non-hydrogen) atoms. The largest absolute Gasteiger partial charge is 0.360 e. The third-order valence-corrected chi connectivity index (χ3v) is 5.34. The molecule has 0 spiro atoms. The highest BCUT2D eigenvalue weighted by molar-refractivity contribution is 7.92. The Hall–Kier alpha value is -2.13. The highest BCUT2D eigenvalue weighted by atomic mass is 32.2. The van der Waals surface area contributed by atoms with Gasteiger partial charge >= 0.3 is 0 Å². The van der Waals surface area contributed by atoms with Gasteiger partial charge in [-0.25, -0.2) is 8.42 Å². The van der Waals surface area contributed by atoms with Crippen molar-refractivity contribution in [1.29, 1.82) is 0 Å². The predicted octanol–water partition coefficient (Wildman–Crippen LogP) is 2.54. The monoisotopic (exact) mass is 324 g/mol. The smallest absolute Gasteiger partial charge is 0.268 e. The van der Waals surface area contributed by atoms with Gasteiger partial charge in [-0.1, -0.05) is 11.2 Å². The molecule has 0 saturated heterocycles. The van der Waals surface area contributed by atoms with Gasteiger partial charge in [-0.15, -0.1) is 11.3 Å². The lowest BCUT2D eigenvalue weighted by atomic mass is 10.3. The van der Waals surface area contributed by atoms with Gasteiger partial charge in [-0.3, -0.25) is 9.82 Å². The lowest BCUT2D eigenvalue weighted by Gasteiger charge is -2.03. The Labute approximate surface area is 125 Å². The minimum Gasteiger partial charge on any atom is -0.360 e. The molecule has 0 radical (unpaired) electrons. The average Bonchev–Trinajstić information content (AvgIpc) is 3.09. The minimum absolute atomic E-state index is 0.0446. The number of nitrogens with one attached hydrogen (secondary N) is 2. The van der Waals surface area contributed by atoms with Crippen molar-refractivity contribution in [3.05, 3.63) is 35.0 Å². The number of aryl methyl sites for hydroxylation is 2. The summed E-state index contributed by atoms with van der Waals surface area (Å²) in [5, 5.41) is 12.4. The van der Waals surface area contributed by atoms with Crippen molar-refractivity contribution in [2.45, 2.75) is 18.7 Å². The van der Waals surface area contributed by atoms with E-state index < -0.39 is 10.0 Å². The maximum absolute atomic E-state index is 12.3. The molecule has 7 nitrogen and oxygen atoms in total. The van der Waals surface area contributed by atoms with Crippen molar-refractivity contribution >= 4 is 27.2 Å². The molecule has 0 saturated carbocycles. The summed E-state index contributed by atoms with van der Waals surface area (Å²) < 4.78 is 32.0.